The molecule has 0 saturated carbocycles. The van der Waals surface area contributed by atoms with E-state index in [2.05, 4.69) is 15.5 Å². The molecule has 1 amide bonds. The van der Waals surface area contributed by atoms with Gasteiger partial charge >= 0.3 is 0 Å². The number of aromatic nitrogens is 3. The molecule has 2 aromatic heterocycles. The Morgan fingerprint density at radius 3 is 2.95 bits per heavy atom. The third-order valence-corrected chi connectivity index (χ3v) is 3.05. The number of nitrogens with one attached hydrogen (secondary N) is 1. The van der Waals surface area contributed by atoms with Crippen LogP contribution >= 0.6 is 0 Å². The topological polar surface area (TPSA) is 85.3 Å². The zero-order valence-electron chi connectivity index (χ0n) is 11.2. The second kappa shape index (κ2) is 5.79. The minimum Gasteiger partial charge on any atom is -0.354 e. The molecule has 19 heavy (non-hydrogen) atoms. The van der Waals surface area contributed by atoms with Gasteiger partial charge in [-0.15, -0.1) is 10.2 Å². The van der Waals surface area contributed by atoms with E-state index in [1.54, 1.807) is 0 Å². The van der Waals surface area contributed by atoms with E-state index in [0.29, 0.717) is 13.0 Å². The van der Waals surface area contributed by atoms with E-state index in [0.717, 1.165) is 11.5 Å². The van der Waals surface area contributed by atoms with E-state index in [1.807, 2.05) is 42.6 Å². The zero-order valence-corrected chi connectivity index (χ0v) is 11.2. The van der Waals surface area contributed by atoms with Crippen LogP contribution < -0.4 is 11.1 Å². The van der Waals surface area contributed by atoms with Crippen molar-refractivity contribution in [2.45, 2.75) is 26.3 Å². The van der Waals surface area contributed by atoms with Crippen LogP contribution in [-0.2, 0) is 11.2 Å². The largest absolute Gasteiger partial charge is 0.354 e. The van der Waals surface area contributed by atoms with Crippen molar-refractivity contribution in [2.75, 3.05) is 6.54 Å². The molecule has 6 nitrogen and oxygen atoms in total. The first-order valence-electron chi connectivity index (χ1n) is 6.41. The number of carbonyl (C=O) groups is 1. The van der Waals surface area contributed by atoms with Gasteiger partial charge in [0, 0.05) is 19.2 Å². The second-order valence-corrected chi connectivity index (χ2v) is 4.86. The van der Waals surface area contributed by atoms with Crippen molar-refractivity contribution in [3.05, 3.63) is 30.2 Å². The van der Waals surface area contributed by atoms with Crippen molar-refractivity contribution in [3.63, 3.8) is 0 Å². The normalized spacial score (nSPS) is 12.8. The van der Waals surface area contributed by atoms with Crippen molar-refractivity contribution in [2.24, 2.45) is 11.7 Å². The molecule has 0 spiro atoms. The predicted octanol–water partition coefficient (Wildman–Crippen LogP) is 0.371. The SMILES string of the molecule is CC(C)C(N)C(=O)NCCc1nnc2ccccn12. The number of hydrogen-bond acceptors (Lipinski definition) is 4. The highest BCUT2D eigenvalue weighted by Gasteiger charge is 2.16. The maximum atomic E-state index is 11.7. The number of fused-ring (bicyclic) bond motifs is 1. The monoisotopic (exact) mass is 261 g/mol. The van der Waals surface area contributed by atoms with Crippen molar-refractivity contribution in [1.82, 2.24) is 19.9 Å². The molecule has 6 heteroatoms. The van der Waals surface area contributed by atoms with Crippen molar-refractivity contribution in [1.29, 1.82) is 0 Å². The molecular weight excluding hydrogens is 242 g/mol. The number of nitrogens with zero attached hydrogens (tertiary/aromatic N) is 3. The molecule has 0 fully saturated rings. The summed E-state index contributed by atoms with van der Waals surface area (Å²) in [6.45, 7) is 4.36. The molecule has 2 aromatic rings. The van der Waals surface area contributed by atoms with Gasteiger partial charge in [-0.2, -0.15) is 0 Å². The van der Waals surface area contributed by atoms with Gasteiger partial charge in [-0.3, -0.25) is 9.20 Å². The molecule has 0 aliphatic carbocycles. The summed E-state index contributed by atoms with van der Waals surface area (Å²) in [4.78, 5) is 11.7. The summed E-state index contributed by atoms with van der Waals surface area (Å²) in [5, 5.41) is 11.0. The first-order valence-corrected chi connectivity index (χ1v) is 6.41. The smallest absolute Gasteiger partial charge is 0.237 e. The molecule has 0 aliphatic heterocycles. The van der Waals surface area contributed by atoms with Crippen LogP contribution in [0.3, 0.4) is 0 Å². The van der Waals surface area contributed by atoms with Crippen LogP contribution in [0.1, 0.15) is 19.7 Å². The predicted molar refractivity (Wildman–Crippen MR) is 72.5 cm³/mol. The average molecular weight is 261 g/mol. The summed E-state index contributed by atoms with van der Waals surface area (Å²) in [5.74, 6) is 0.840. The first-order chi connectivity index (χ1) is 9.09. The Labute approximate surface area is 112 Å². The van der Waals surface area contributed by atoms with Crippen LogP contribution in [0, 0.1) is 5.92 Å². The molecule has 102 valence electrons. The number of pyridine rings is 1. The molecule has 2 heterocycles. The van der Waals surface area contributed by atoms with Gasteiger partial charge in [0.25, 0.3) is 0 Å². The lowest BCUT2D eigenvalue weighted by Gasteiger charge is -2.14. The maximum Gasteiger partial charge on any atom is 0.237 e. The zero-order chi connectivity index (χ0) is 13.8. The maximum absolute atomic E-state index is 11.7. The summed E-state index contributed by atoms with van der Waals surface area (Å²) < 4.78 is 1.91. The van der Waals surface area contributed by atoms with Gasteiger partial charge in [0.2, 0.25) is 5.91 Å². The van der Waals surface area contributed by atoms with E-state index >= 15 is 0 Å². The Morgan fingerprint density at radius 2 is 2.21 bits per heavy atom. The molecule has 1 atom stereocenters. The highest BCUT2D eigenvalue weighted by Crippen LogP contribution is 2.03. The molecule has 2 rings (SSSR count). The van der Waals surface area contributed by atoms with E-state index in [1.165, 1.54) is 0 Å². The van der Waals surface area contributed by atoms with E-state index in [9.17, 15) is 4.79 Å². The Bertz CT molecular complexity index is 563. The fourth-order valence-corrected chi connectivity index (χ4v) is 1.78. The van der Waals surface area contributed by atoms with Gasteiger partial charge < -0.3 is 11.1 Å². The lowest BCUT2D eigenvalue weighted by atomic mass is 10.1. The highest BCUT2D eigenvalue weighted by molar-refractivity contribution is 5.81. The van der Waals surface area contributed by atoms with Gasteiger partial charge in [0.05, 0.1) is 6.04 Å². The standard InChI is InChI=1S/C13H19N5O/c1-9(2)12(14)13(19)15-7-6-11-17-16-10-5-3-4-8-18(10)11/h3-5,8-9,12H,6-7,14H2,1-2H3,(H,15,19). The second-order valence-electron chi connectivity index (χ2n) is 4.86. The van der Waals surface area contributed by atoms with Crippen LogP contribution in [-0.4, -0.2) is 33.1 Å². The van der Waals surface area contributed by atoms with E-state index in [-0.39, 0.29) is 11.8 Å². The van der Waals surface area contributed by atoms with Crippen LogP contribution in [0.25, 0.3) is 5.65 Å². The minimum atomic E-state index is -0.463. The summed E-state index contributed by atoms with van der Waals surface area (Å²) in [6, 6.07) is 5.27. The number of carbonyl (C=O) groups excluding carboxylic acids is 1. The van der Waals surface area contributed by atoms with Crippen molar-refractivity contribution in [3.8, 4) is 0 Å². The first kappa shape index (κ1) is 13.5. The minimum absolute atomic E-state index is 0.121. The van der Waals surface area contributed by atoms with Gasteiger partial charge in [0.1, 0.15) is 5.82 Å². The Hall–Kier alpha value is -1.95. The third kappa shape index (κ3) is 3.08. The lowest BCUT2D eigenvalue weighted by Crippen LogP contribution is -2.44. The van der Waals surface area contributed by atoms with E-state index < -0.39 is 6.04 Å². The fourth-order valence-electron chi connectivity index (χ4n) is 1.78. The lowest BCUT2D eigenvalue weighted by molar-refractivity contribution is -0.123. The summed E-state index contributed by atoms with van der Waals surface area (Å²) in [5.41, 5.74) is 6.57. The van der Waals surface area contributed by atoms with Gasteiger partial charge in [0.15, 0.2) is 5.65 Å². The van der Waals surface area contributed by atoms with Crippen LogP contribution in [0.2, 0.25) is 0 Å². The van der Waals surface area contributed by atoms with Crippen molar-refractivity contribution >= 4 is 11.6 Å². The third-order valence-electron chi connectivity index (χ3n) is 3.05. The number of nitrogens with two attached hydrogens (primary N) is 1. The summed E-state index contributed by atoms with van der Waals surface area (Å²) >= 11 is 0. The van der Waals surface area contributed by atoms with Gasteiger partial charge in [-0.25, -0.2) is 0 Å². The van der Waals surface area contributed by atoms with Crippen LogP contribution in [0.15, 0.2) is 24.4 Å². The summed E-state index contributed by atoms with van der Waals surface area (Å²) in [7, 11) is 0. The summed E-state index contributed by atoms with van der Waals surface area (Å²) in [6.07, 6.45) is 2.54. The van der Waals surface area contributed by atoms with E-state index in [4.69, 9.17) is 5.73 Å². The molecular formula is C13H19N5O. The number of rotatable bonds is 5. The number of hydrogen-bond donors (Lipinski definition) is 2. The Morgan fingerprint density at radius 1 is 1.42 bits per heavy atom. The average Bonchev–Trinajstić information content (AvgIpc) is 2.81. The van der Waals surface area contributed by atoms with Crippen LogP contribution in [0.4, 0.5) is 0 Å². The Balaban J connectivity index is 1.91. The molecule has 0 bridgehead atoms. The molecule has 1 unspecified atom stereocenters. The fraction of sp³-hybridized carbons (Fsp3) is 0.462. The van der Waals surface area contributed by atoms with Gasteiger partial charge in [-0.05, 0) is 18.1 Å². The highest BCUT2D eigenvalue weighted by atomic mass is 16.2. The molecule has 0 radical (unpaired) electrons. The molecule has 0 aliphatic rings. The Kier molecular flexibility index (Phi) is 4.11. The van der Waals surface area contributed by atoms with Gasteiger partial charge in [-0.1, -0.05) is 19.9 Å². The molecule has 0 saturated heterocycles. The quantitative estimate of drug-likeness (QED) is 0.814. The molecule has 0 aromatic carbocycles. The molecule has 3 N–H and O–H groups in total. The van der Waals surface area contributed by atoms with Crippen LogP contribution in [0.5, 0.6) is 0 Å². The van der Waals surface area contributed by atoms with Crippen molar-refractivity contribution < 1.29 is 4.79 Å². The number of amides is 1.